The molecule has 1 aliphatic heterocycles. The maximum absolute atomic E-state index is 13.1. The van der Waals surface area contributed by atoms with E-state index in [2.05, 4.69) is 20.2 Å². The lowest BCUT2D eigenvalue weighted by molar-refractivity contribution is 0.247. The number of anilines is 1. The maximum Gasteiger partial charge on any atom is 0.185 e. The quantitative estimate of drug-likeness (QED) is 0.690. The molecule has 130 valence electrons. The van der Waals surface area contributed by atoms with Crippen LogP contribution in [0.4, 0.5) is 9.52 Å². The molecule has 2 aromatic heterocycles. The van der Waals surface area contributed by atoms with Crippen molar-refractivity contribution in [3.05, 3.63) is 51.5 Å². The van der Waals surface area contributed by atoms with Crippen molar-refractivity contribution in [3.63, 3.8) is 0 Å². The SMILES string of the molecule is Cc1nc(CN2CCN(c3nc(-c4ccc(F)cc4)cs3)CC2)cs1. The number of hydrogen-bond donors (Lipinski definition) is 0. The minimum atomic E-state index is -0.217. The number of nitrogens with zero attached hydrogens (tertiary/aromatic N) is 4. The lowest BCUT2D eigenvalue weighted by atomic mass is 10.2. The van der Waals surface area contributed by atoms with E-state index >= 15 is 0 Å². The summed E-state index contributed by atoms with van der Waals surface area (Å²) in [4.78, 5) is 14.1. The summed E-state index contributed by atoms with van der Waals surface area (Å²) >= 11 is 3.37. The topological polar surface area (TPSA) is 32.3 Å². The molecule has 0 N–H and O–H groups in total. The number of thiazole rings is 2. The zero-order valence-electron chi connectivity index (χ0n) is 14.0. The fraction of sp³-hybridized carbons (Fsp3) is 0.333. The van der Waals surface area contributed by atoms with Gasteiger partial charge in [-0.25, -0.2) is 14.4 Å². The smallest absolute Gasteiger partial charge is 0.185 e. The first-order valence-corrected chi connectivity index (χ1v) is 10.0. The van der Waals surface area contributed by atoms with E-state index in [0.717, 1.165) is 54.1 Å². The van der Waals surface area contributed by atoms with Crippen molar-refractivity contribution in [2.24, 2.45) is 0 Å². The molecule has 1 fully saturated rings. The molecule has 4 nitrogen and oxygen atoms in total. The predicted molar refractivity (Wildman–Crippen MR) is 102 cm³/mol. The van der Waals surface area contributed by atoms with Gasteiger partial charge in [-0.15, -0.1) is 22.7 Å². The minimum absolute atomic E-state index is 0.217. The molecule has 4 rings (SSSR count). The summed E-state index contributed by atoms with van der Waals surface area (Å²) in [6.45, 7) is 6.95. The first-order valence-electron chi connectivity index (χ1n) is 8.27. The Bertz CT molecular complexity index is 835. The van der Waals surface area contributed by atoms with Crippen LogP contribution in [0.1, 0.15) is 10.7 Å². The second kappa shape index (κ2) is 7.19. The average Bonchev–Trinajstić information content (AvgIpc) is 3.26. The molecule has 0 saturated carbocycles. The van der Waals surface area contributed by atoms with Crippen LogP contribution in [0, 0.1) is 12.7 Å². The second-order valence-corrected chi connectivity index (χ2v) is 8.04. The Morgan fingerprint density at radius 3 is 2.44 bits per heavy atom. The number of aromatic nitrogens is 2. The van der Waals surface area contributed by atoms with Gasteiger partial charge in [0.05, 0.1) is 16.4 Å². The molecule has 0 unspecified atom stereocenters. The van der Waals surface area contributed by atoms with Crippen LogP contribution in [0.15, 0.2) is 35.0 Å². The van der Waals surface area contributed by atoms with Crippen molar-refractivity contribution in [1.29, 1.82) is 0 Å². The molecule has 0 bridgehead atoms. The number of piperazine rings is 1. The molecule has 1 aliphatic rings. The Hall–Kier alpha value is -1.83. The Morgan fingerprint density at radius 1 is 1.00 bits per heavy atom. The molecule has 0 spiro atoms. The molecular weight excluding hydrogens is 355 g/mol. The summed E-state index contributed by atoms with van der Waals surface area (Å²) in [6, 6.07) is 6.52. The van der Waals surface area contributed by atoms with E-state index in [-0.39, 0.29) is 5.82 Å². The summed E-state index contributed by atoms with van der Waals surface area (Å²) < 4.78 is 13.1. The number of rotatable bonds is 4. The summed E-state index contributed by atoms with van der Waals surface area (Å²) in [5.74, 6) is -0.217. The zero-order chi connectivity index (χ0) is 17.2. The van der Waals surface area contributed by atoms with Crippen molar-refractivity contribution in [2.45, 2.75) is 13.5 Å². The highest BCUT2D eigenvalue weighted by Gasteiger charge is 2.20. The molecule has 25 heavy (non-hydrogen) atoms. The van der Waals surface area contributed by atoms with Crippen molar-refractivity contribution in [3.8, 4) is 11.3 Å². The van der Waals surface area contributed by atoms with Crippen LogP contribution >= 0.6 is 22.7 Å². The van der Waals surface area contributed by atoms with E-state index in [1.165, 1.54) is 17.8 Å². The van der Waals surface area contributed by atoms with Crippen LogP contribution in [0.3, 0.4) is 0 Å². The average molecular weight is 375 g/mol. The van der Waals surface area contributed by atoms with Gasteiger partial charge >= 0.3 is 0 Å². The van der Waals surface area contributed by atoms with E-state index in [0.29, 0.717) is 0 Å². The number of benzene rings is 1. The van der Waals surface area contributed by atoms with Gasteiger partial charge in [-0.2, -0.15) is 0 Å². The van der Waals surface area contributed by atoms with E-state index in [1.807, 2.05) is 12.3 Å². The van der Waals surface area contributed by atoms with E-state index in [1.54, 1.807) is 34.8 Å². The van der Waals surface area contributed by atoms with Crippen molar-refractivity contribution < 1.29 is 4.39 Å². The fourth-order valence-corrected chi connectivity index (χ4v) is 4.46. The maximum atomic E-state index is 13.1. The third-order valence-corrected chi connectivity index (χ3v) is 6.05. The number of hydrogen-bond acceptors (Lipinski definition) is 6. The van der Waals surface area contributed by atoms with Gasteiger partial charge in [0.2, 0.25) is 0 Å². The molecule has 0 amide bonds. The Morgan fingerprint density at radius 2 is 1.76 bits per heavy atom. The summed E-state index contributed by atoms with van der Waals surface area (Å²) in [5, 5.41) is 6.37. The van der Waals surface area contributed by atoms with Gasteiger partial charge in [0, 0.05) is 49.0 Å². The van der Waals surface area contributed by atoms with Gasteiger partial charge in [-0.3, -0.25) is 4.90 Å². The largest absolute Gasteiger partial charge is 0.346 e. The highest BCUT2D eigenvalue weighted by atomic mass is 32.1. The lowest BCUT2D eigenvalue weighted by Crippen LogP contribution is -2.46. The van der Waals surface area contributed by atoms with Gasteiger partial charge in [0.25, 0.3) is 0 Å². The summed E-state index contributed by atoms with van der Waals surface area (Å²) in [6.07, 6.45) is 0. The van der Waals surface area contributed by atoms with E-state index in [9.17, 15) is 4.39 Å². The van der Waals surface area contributed by atoms with Crippen molar-refractivity contribution in [2.75, 3.05) is 31.1 Å². The van der Waals surface area contributed by atoms with Crippen molar-refractivity contribution >= 4 is 27.8 Å². The fourth-order valence-electron chi connectivity index (χ4n) is 2.97. The van der Waals surface area contributed by atoms with Crippen LogP contribution in [0.5, 0.6) is 0 Å². The first kappa shape index (κ1) is 16.6. The first-order chi connectivity index (χ1) is 12.2. The van der Waals surface area contributed by atoms with Crippen LogP contribution < -0.4 is 4.90 Å². The normalized spacial score (nSPS) is 15.7. The molecule has 3 heterocycles. The lowest BCUT2D eigenvalue weighted by Gasteiger charge is -2.34. The third kappa shape index (κ3) is 3.89. The third-order valence-electron chi connectivity index (χ3n) is 4.33. The summed E-state index contributed by atoms with van der Waals surface area (Å²) in [7, 11) is 0. The minimum Gasteiger partial charge on any atom is -0.346 e. The Labute approximate surface area is 154 Å². The second-order valence-electron chi connectivity index (χ2n) is 6.14. The highest BCUT2D eigenvalue weighted by Crippen LogP contribution is 2.28. The monoisotopic (exact) mass is 374 g/mol. The molecule has 0 aliphatic carbocycles. The highest BCUT2D eigenvalue weighted by molar-refractivity contribution is 7.14. The van der Waals surface area contributed by atoms with Gasteiger partial charge in [-0.05, 0) is 31.2 Å². The van der Waals surface area contributed by atoms with Crippen LogP contribution in [0.2, 0.25) is 0 Å². The number of aryl methyl sites for hydroxylation is 1. The van der Waals surface area contributed by atoms with Gasteiger partial charge in [0.15, 0.2) is 5.13 Å². The van der Waals surface area contributed by atoms with E-state index in [4.69, 9.17) is 4.98 Å². The molecule has 1 saturated heterocycles. The van der Waals surface area contributed by atoms with E-state index < -0.39 is 0 Å². The zero-order valence-corrected chi connectivity index (χ0v) is 15.6. The predicted octanol–water partition coefficient (Wildman–Crippen LogP) is 4.04. The standard InChI is InChI=1S/C18H19FN4S2/c1-13-20-16(11-24-13)10-22-6-8-23(9-7-22)18-21-17(12-25-18)14-2-4-15(19)5-3-14/h2-5,11-12H,6-10H2,1H3. The summed E-state index contributed by atoms with van der Waals surface area (Å²) in [5.41, 5.74) is 3.05. The Balaban J connectivity index is 1.37. The molecule has 7 heteroatoms. The van der Waals surface area contributed by atoms with Crippen LogP contribution in [-0.4, -0.2) is 41.0 Å². The van der Waals surface area contributed by atoms with Gasteiger partial charge in [-0.1, -0.05) is 0 Å². The molecular formula is C18H19FN4S2. The number of halogens is 1. The van der Waals surface area contributed by atoms with Crippen LogP contribution in [0.25, 0.3) is 11.3 Å². The molecule has 1 aromatic carbocycles. The van der Waals surface area contributed by atoms with Gasteiger partial charge < -0.3 is 4.90 Å². The Kier molecular flexibility index (Phi) is 4.78. The van der Waals surface area contributed by atoms with Crippen LogP contribution in [-0.2, 0) is 6.54 Å². The van der Waals surface area contributed by atoms with Crippen molar-refractivity contribution in [1.82, 2.24) is 14.9 Å². The molecule has 3 aromatic rings. The molecule has 0 atom stereocenters. The molecule has 0 radical (unpaired) electrons. The van der Waals surface area contributed by atoms with Gasteiger partial charge in [0.1, 0.15) is 5.82 Å².